The molecule has 0 saturated heterocycles. The fraction of sp³-hybridized carbons (Fsp3) is 0.182. The summed E-state index contributed by atoms with van der Waals surface area (Å²) in [6.07, 6.45) is 5.72. The Morgan fingerprint density at radius 3 is 2.69 bits per heavy atom. The Labute approximate surface area is 90.7 Å². The average Bonchev–Trinajstić information content (AvgIpc) is 2.41. The lowest BCUT2D eigenvalue weighted by Gasteiger charge is -2.25. The highest BCUT2D eigenvalue weighted by atomic mass is 16.5. The number of allylic oxidation sites excluding steroid dienone is 3. The predicted octanol–water partition coefficient (Wildman–Crippen LogP) is 0.234. The van der Waals surface area contributed by atoms with Crippen LogP contribution in [-0.4, -0.2) is 28.7 Å². The molecule has 0 fully saturated rings. The molecule has 0 radical (unpaired) electrons. The van der Waals surface area contributed by atoms with Crippen molar-refractivity contribution in [1.82, 2.24) is 0 Å². The summed E-state index contributed by atoms with van der Waals surface area (Å²) in [5, 5.41) is 8.71. The highest BCUT2D eigenvalue weighted by Crippen LogP contribution is 2.24. The molecule has 0 bridgehead atoms. The van der Waals surface area contributed by atoms with Crippen molar-refractivity contribution in [2.75, 3.05) is 0 Å². The molecule has 2 atom stereocenters. The Bertz CT molecular complexity index is 455. The Kier molecular flexibility index (Phi) is 2.44. The number of carbonyl (C=O) groups excluding carboxylic acids is 2. The number of rotatable bonds is 1. The molecule has 5 heteroatoms. The van der Waals surface area contributed by atoms with Crippen LogP contribution < -0.4 is 0 Å². The Morgan fingerprint density at radius 2 is 2.00 bits per heavy atom. The number of hydrogen-bond acceptors (Lipinski definition) is 4. The third-order valence-electron chi connectivity index (χ3n) is 2.36. The summed E-state index contributed by atoms with van der Waals surface area (Å²) in [6.45, 7) is 0. The quantitative estimate of drug-likeness (QED) is 0.684. The lowest BCUT2D eigenvalue weighted by Crippen LogP contribution is -2.38. The van der Waals surface area contributed by atoms with Crippen LogP contribution in [0, 0.1) is 5.92 Å². The van der Waals surface area contributed by atoms with Gasteiger partial charge < -0.3 is 9.84 Å². The fourth-order valence-corrected chi connectivity index (χ4v) is 1.59. The smallest absolute Gasteiger partial charge is 0.371 e. The molecular weight excluding hydrogens is 212 g/mol. The van der Waals surface area contributed by atoms with Gasteiger partial charge in [0.1, 0.15) is 0 Å². The van der Waals surface area contributed by atoms with Crippen LogP contribution in [0.25, 0.3) is 0 Å². The molecule has 2 unspecified atom stereocenters. The largest absolute Gasteiger partial charge is 0.475 e. The van der Waals surface area contributed by atoms with Crippen LogP contribution in [-0.2, 0) is 19.1 Å². The van der Waals surface area contributed by atoms with E-state index in [1.54, 1.807) is 6.08 Å². The lowest BCUT2D eigenvalue weighted by molar-refractivity contribution is -0.144. The van der Waals surface area contributed by atoms with Crippen LogP contribution in [0.1, 0.15) is 0 Å². The minimum absolute atomic E-state index is 0.407. The van der Waals surface area contributed by atoms with Crippen LogP contribution in [0.2, 0.25) is 0 Å². The first-order valence-electron chi connectivity index (χ1n) is 4.64. The summed E-state index contributed by atoms with van der Waals surface area (Å²) in [4.78, 5) is 33.8. The highest BCUT2D eigenvalue weighted by molar-refractivity contribution is 6.07. The molecule has 0 amide bonds. The average molecular weight is 220 g/mol. The molecule has 82 valence electrons. The van der Waals surface area contributed by atoms with Gasteiger partial charge in [0.2, 0.25) is 5.76 Å². The van der Waals surface area contributed by atoms with Gasteiger partial charge in [0, 0.05) is 6.08 Å². The van der Waals surface area contributed by atoms with Gasteiger partial charge in [-0.2, -0.15) is 0 Å². The summed E-state index contributed by atoms with van der Waals surface area (Å²) >= 11 is 0. The number of carboxylic acids is 1. The number of fused-ring (bicyclic) bond motifs is 1. The zero-order chi connectivity index (χ0) is 11.7. The summed E-state index contributed by atoms with van der Waals surface area (Å²) in [5.41, 5.74) is 0. The molecule has 0 aromatic carbocycles. The maximum atomic E-state index is 11.6. The third kappa shape index (κ3) is 1.67. The van der Waals surface area contributed by atoms with Crippen LogP contribution in [0.5, 0.6) is 0 Å². The first-order valence-corrected chi connectivity index (χ1v) is 4.64. The summed E-state index contributed by atoms with van der Waals surface area (Å²) < 4.78 is 5.00. The lowest BCUT2D eigenvalue weighted by atomic mass is 9.92. The first kappa shape index (κ1) is 10.4. The van der Waals surface area contributed by atoms with Crippen LogP contribution >= 0.6 is 0 Å². The van der Waals surface area contributed by atoms with Crippen molar-refractivity contribution >= 4 is 17.5 Å². The van der Waals surface area contributed by atoms with Gasteiger partial charge in [-0.25, -0.2) is 4.79 Å². The molecule has 1 aliphatic carbocycles. The van der Waals surface area contributed by atoms with Crippen molar-refractivity contribution < 1.29 is 24.2 Å². The maximum Gasteiger partial charge on any atom is 0.371 e. The van der Waals surface area contributed by atoms with Gasteiger partial charge in [-0.3, -0.25) is 9.59 Å². The maximum absolute atomic E-state index is 11.6. The molecule has 0 aromatic heterocycles. The van der Waals surface area contributed by atoms with E-state index in [0.717, 1.165) is 6.08 Å². The van der Waals surface area contributed by atoms with Gasteiger partial charge in [-0.05, 0) is 6.08 Å². The third-order valence-corrected chi connectivity index (χ3v) is 2.36. The minimum atomic E-state index is -1.35. The Morgan fingerprint density at radius 1 is 1.25 bits per heavy atom. The number of carboxylic acid groups (broad SMARTS) is 1. The van der Waals surface area contributed by atoms with Crippen molar-refractivity contribution in [1.29, 1.82) is 0 Å². The van der Waals surface area contributed by atoms with E-state index in [1.165, 1.54) is 18.2 Å². The van der Waals surface area contributed by atoms with Crippen molar-refractivity contribution in [3.8, 4) is 0 Å². The van der Waals surface area contributed by atoms with Crippen molar-refractivity contribution in [3.05, 3.63) is 36.1 Å². The summed E-state index contributed by atoms with van der Waals surface area (Å²) in [6, 6.07) is 0. The summed E-state index contributed by atoms with van der Waals surface area (Å²) in [5.74, 6) is -3.40. The molecule has 0 saturated carbocycles. The predicted molar refractivity (Wildman–Crippen MR) is 52.4 cm³/mol. The van der Waals surface area contributed by atoms with E-state index in [0.29, 0.717) is 0 Å². The van der Waals surface area contributed by atoms with E-state index in [4.69, 9.17) is 9.84 Å². The van der Waals surface area contributed by atoms with Gasteiger partial charge in [-0.15, -0.1) is 0 Å². The Balaban J connectivity index is 2.39. The van der Waals surface area contributed by atoms with Crippen molar-refractivity contribution in [3.63, 3.8) is 0 Å². The van der Waals surface area contributed by atoms with Gasteiger partial charge in [0.05, 0.1) is 5.92 Å². The molecule has 2 rings (SSSR count). The molecule has 1 N–H and O–H groups in total. The minimum Gasteiger partial charge on any atom is -0.475 e. The number of ketones is 2. The molecule has 2 aliphatic rings. The topological polar surface area (TPSA) is 80.7 Å². The highest BCUT2D eigenvalue weighted by Gasteiger charge is 2.38. The monoisotopic (exact) mass is 220 g/mol. The van der Waals surface area contributed by atoms with Crippen molar-refractivity contribution in [2.45, 2.75) is 6.10 Å². The van der Waals surface area contributed by atoms with Crippen LogP contribution in [0.3, 0.4) is 0 Å². The number of aliphatic carboxylic acids is 1. The fourth-order valence-electron chi connectivity index (χ4n) is 1.59. The number of ether oxygens (including phenoxy) is 1. The number of hydrogen-bond donors (Lipinski definition) is 1. The van der Waals surface area contributed by atoms with Crippen LogP contribution in [0.4, 0.5) is 0 Å². The normalized spacial score (nSPS) is 27.9. The SMILES string of the molecule is O=C(O)C1=CC(=O)C2C=CC=CC(=O)C2O1. The van der Waals surface area contributed by atoms with E-state index in [1.807, 2.05) is 0 Å². The molecular formula is C11H8O5. The van der Waals surface area contributed by atoms with E-state index in [-0.39, 0.29) is 0 Å². The first-order chi connectivity index (χ1) is 7.59. The molecule has 1 aliphatic heterocycles. The van der Waals surface area contributed by atoms with Gasteiger partial charge in [0.15, 0.2) is 17.7 Å². The molecule has 16 heavy (non-hydrogen) atoms. The second-order valence-corrected chi connectivity index (χ2v) is 3.43. The van der Waals surface area contributed by atoms with Crippen LogP contribution in [0.15, 0.2) is 36.1 Å². The zero-order valence-electron chi connectivity index (χ0n) is 8.12. The Hall–Kier alpha value is -2.17. The zero-order valence-corrected chi connectivity index (χ0v) is 8.12. The van der Waals surface area contributed by atoms with Gasteiger partial charge >= 0.3 is 5.97 Å². The van der Waals surface area contributed by atoms with E-state index in [2.05, 4.69) is 0 Å². The number of carbonyl (C=O) groups is 3. The summed E-state index contributed by atoms with van der Waals surface area (Å²) in [7, 11) is 0. The molecule has 5 nitrogen and oxygen atoms in total. The molecule has 1 heterocycles. The van der Waals surface area contributed by atoms with Gasteiger partial charge in [0.25, 0.3) is 0 Å². The molecule has 0 aromatic rings. The van der Waals surface area contributed by atoms with Crippen molar-refractivity contribution in [2.24, 2.45) is 5.92 Å². The second-order valence-electron chi connectivity index (χ2n) is 3.43. The van der Waals surface area contributed by atoms with E-state index >= 15 is 0 Å². The standard InChI is InChI=1S/C11H8O5/c12-7-4-2-1-3-6-8(13)5-9(11(14)15)16-10(6)7/h1-6,10H,(H,14,15). The second kappa shape index (κ2) is 3.77. The van der Waals surface area contributed by atoms with Gasteiger partial charge in [-0.1, -0.05) is 18.2 Å². The molecule has 0 spiro atoms. The van der Waals surface area contributed by atoms with E-state index in [9.17, 15) is 14.4 Å². The van der Waals surface area contributed by atoms with E-state index < -0.39 is 35.3 Å².